The largest absolute Gasteiger partial charge is 0.507 e. The Bertz CT molecular complexity index is 443. The maximum absolute atomic E-state index is 13.3. The Morgan fingerprint density at radius 1 is 1.53 bits per heavy atom. The van der Waals surface area contributed by atoms with Gasteiger partial charge in [-0.15, -0.1) is 0 Å². The highest BCUT2D eigenvalue weighted by Crippen LogP contribution is 2.30. The normalized spacial score (nSPS) is 20.2. The molecule has 3 N–H and O–H groups in total. The first-order valence-corrected chi connectivity index (χ1v) is 5.16. The molecule has 6 heteroatoms. The van der Waals surface area contributed by atoms with Gasteiger partial charge in [0, 0.05) is 12.1 Å². The molecule has 0 radical (unpaired) electrons. The van der Waals surface area contributed by atoms with Gasteiger partial charge in [0.2, 0.25) is 0 Å². The number of halogens is 1. The van der Waals surface area contributed by atoms with Gasteiger partial charge in [-0.3, -0.25) is 0 Å². The van der Waals surface area contributed by atoms with Crippen molar-refractivity contribution < 1.29 is 24.1 Å². The van der Waals surface area contributed by atoms with Crippen LogP contribution < -0.4 is 5.32 Å². The van der Waals surface area contributed by atoms with Gasteiger partial charge in [-0.05, 0) is 12.1 Å². The van der Waals surface area contributed by atoms with E-state index < -0.39 is 29.1 Å². The van der Waals surface area contributed by atoms with Gasteiger partial charge >= 0.3 is 5.97 Å². The number of carboxylic acid groups (broad SMARTS) is 1. The van der Waals surface area contributed by atoms with E-state index >= 15 is 0 Å². The van der Waals surface area contributed by atoms with Crippen LogP contribution in [0.25, 0.3) is 0 Å². The van der Waals surface area contributed by atoms with E-state index in [0.717, 1.165) is 12.1 Å². The van der Waals surface area contributed by atoms with Gasteiger partial charge in [-0.25, -0.2) is 9.18 Å². The van der Waals surface area contributed by atoms with E-state index in [-0.39, 0.29) is 12.2 Å². The molecule has 1 fully saturated rings. The molecule has 0 unspecified atom stereocenters. The minimum atomic E-state index is -1.36. The molecule has 0 saturated carbocycles. The fourth-order valence-electron chi connectivity index (χ4n) is 1.81. The summed E-state index contributed by atoms with van der Waals surface area (Å²) in [7, 11) is 0. The Balaban J connectivity index is 2.41. The van der Waals surface area contributed by atoms with Crippen LogP contribution >= 0.6 is 0 Å². The molecule has 1 heterocycles. The first-order chi connectivity index (χ1) is 8.09. The molecule has 1 aliphatic rings. The van der Waals surface area contributed by atoms with Gasteiger partial charge < -0.3 is 20.3 Å². The quantitative estimate of drug-likeness (QED) is 0.716. The lowest BCUT2D eigenvalue weighted by Crippen LogP contribution is -2.34. The molecule has 0 aliphatic carbocycles. The fourth-order valence-corrected chi connectivity index (χ4v) is 1.81. The van der Waals surface area contributed by atoms with Crippen molar-refractivity contribution in [3.05, 3.63) is 29.1 Å². The lowest BCUT2D eigenvalue weighted by atomic mass is 10.0. The summed E-state index contributed by atoms with van der Waals surface area (Å²) in [6, 6.07) is 1.52. The number of morpholine rings is 1. The average Bonchev–Trinajstić information content (AvgIpc) is 2.32. The standard InChI is InChI=1S/C11H12FNO4/c12-6-3-7(9-5-17-2-1-13-9)10(14)8(4-6)11(15)16/h3-4,9,13-14H,1-2,5H2,(H,15,16)/t9-/m0/s1. The number of phenols is 1. The zero-order valence-electron chi connectivity index (χ0n) is 8.94. The molecule has 1 atom stereocenters. The summed E-state index contributed by atoms with van der Waals surface area (Å²) in [6.07, 6.45) is 0. The molecule has 92 valence electrons. The molecular weight excluding hydrogens is 229 g/mol. The zero-order valence-corrected chi connectivity index (χ0v) is 8.94. The maximum atomic E-state index is 13.3. The summed E-state index contributed by atoms with van der Waals surface area (Å²) in [5.41, 5.74) is -0.227. The number of hydrogen-bond donors (Lipinski definition) is 3. The number of ether oxygens (including phenoxy) is 1. The molecular formula is C11H12FNO4. The van der Waals surface area contributed by atoms with Crippen molar-refractivity contribution in [2.24, 2.45) is 0 Å². The van der Waals surface area contributed by atoms with Crippen molar-refractivity contribution in [3.8, 4) is 5.75 Å². The minimum absolute atomic E-state index is 0.210. The first kappa shape index (κ1) is 11.8. The van der Waals surface area contributed by atoms with Crippen LogP contribution in [0, 0.1) is 5.82 Å². The van der Waals surface area contributed by atoms with Gasteiger partial charge in [0.05, 0.1) is 19.3 Å². The van der Waals surface area contributed by atoms with E-state index in [1.807, 2.05) is 0 Å². The van der Waals surface area contributed by atoms with Crippen molar-refractivity contribution in [2.75, 3.05) is 19.8 Å². The Labute approximate surface area is 96.8 Å². The fraction of sp³-hybridized carbons (Fsp3) is 0.364. The second-order valence-corrected chi connectivity index (χ2v) is 3.78. The summed E-state index contributed by atoms with van der Waals surface area (Å²) < 4.78 is 18.5. The van der Waals surface area contributed by atoms with Gasteiger partial charge in [-0.1, -0.05) is 0 Å². The van der Waals surface area contributed by atoms with E-state index in [1.165, 1.54) is 0 Å². The molecule has 1 saturated heterocycles. The zero-order chi connectivity index (χ0) is 12.4. The Hall–Kier alpha value is -1.66. The van der Waals surface area contributed by atoms with E-state index in [1.54, 1.807) is 0 Å². The minimum Gasteiger partial charge on any atom is -0.507 e. The molecule has 17 heavy (non-hydrogen) atoms. The second kappa shape index (κ2) is 4.68. The summed E-state index contributed by atoms with van der Waals surface area (Å²) >= 11 is 0. The summed E-state index contributed by atoms with van der Waals surface area (Å²) in [5.74, 6) is -2.47. The van der Waals surface area contributed by atoms with Crippen molar-refractivity contribution in [1.82, 2.24) is 5.32 Å². The summed E-state index contributed by atoms with van der Waals surface area (Å²) in [5, 5.41) is 21.7. The topological polar surface area (TPSA) is 78.8 Å². The third-order valence-electron chi connectivity index (χ3n) is 2.63. The number of benzene rings is 1. The Morgan fingerprint density at radius 2 is 2.29 bits per heavy atom. The average molecular weight is 241 g/mol. The van der Waals surface area contributed by atoms with E-state index in [0.29, 0.717) is 13.2 Å². The van der Waals surface area contributed by atoms with Crippen LogP contribution in [-0.4, -0.2) is 35.9 Å². The van der Waals surface area contributed by atoms with Crippen LogP contribution in [-0.2, 0) is 4.74 Å². The molecule has 1 aromatic rings. The first-order valence-electron chi connectivity index (χ1n) is 5.16. The monoisotopic (exact) mass is 241 g/mol. The van der Waals surface area contributed by atoms with Gasteiger partial charge in [0.1, 0.15) is 17.1 Å². The molecule has 0 amide bonds. The third kappa shape index (κ3) is 2.37. The Morgan fingerprint density at radius 3 is 2.88 bits per heavy atom. The highest BCUT2D eigenvalue weighted by molar-refractivity contribution is 5.91. The van der Waals surface area contributed by atoms with Crippen LogP contribution in [0.5, 0.6) is 5.75 Å². The molecule has 0 spiro atoms. The number of carboxylic acids is 1. The second-order valence-electron chi connectivity index (χ2n) is 3.78. The van der Waals surface area contributed by atoms with Gasteiger partial charge in [0.25, 0.3) is 0 Å². The molecule has 0 aromatic heterocycles. The van der Waals surface area contributed by atoms with Crippen LogP contribution in [0.4, 0.5) is 4.39 Å². The number of aromatic hydroxyl groups is 1. The van der Waals surface area contributed by atoms with Crippen LogP contribution in [0.1, 0.15) is 22.0 Å². The summed E-state index contributed by atoms with van der Waals surface area (Å²) in [4.78, 5) is 10.8. The summed E-state index contributed by atoms with van der Waals surface area (Å²) in [6.45, 7) is 1.39. The van der Waals surface area contributed by atoms with Crippen molar-refractivity contribution in [3.63, 3.8) is 0 Å². The Kier molecular flexibility index (Phi) is 3.26. The number of hydrogen-bond acceptors (Lipinski definition) is 4. The highest BCUT2D eigenvalue weighted by Gasteiger charge is 2.23. The van der Waals surface area contributed by atoms with Gasteiger partial charge in [0.15, 0.2) is 0 Å². The number of rotatable bonds is 2. The molecule has 2 rings (SSSR count). The van der Waals surface area contributed by atoms with Crippen LogP contribution in [0.15, 0.2) is 12.1 Å². The molecule has 1 aliphatic heterocycles. The van der Waals surface area contributed by atoms with E-state index in [9.17, 15) is 14.3 Å². The lowest BCUT2D eigenvalue weighted by molar-refractivity contribution is 0.0686. The number of carbonyl (C=O) groups is 1. The van der Waals surface area contributed by atoms with Crippen LogP contribution in [0.3, 0.4) is 0 Å². The van der Waals surface area contributed by atoms with E-state index in [4.69, 9.17) is 9.84 Å². The van der Waals surface area contributed by atoms with E-state index in [2.05, 4.69) is 5.32 Å². The number of aromatic carboxylic acids is 1. The molecule has 0 bridgehead atoms. The van der Waals surface area contributed by atoms with Gasteiger partial charge in [-0.2, -0.15) is 0 Å². The van der Waals surface area contributed by atoms with Crippen molar-refractivity contribution >= 4 is 5.97 Å². The maximum Gasteiger partial charge on any atom is 0.339 e. The third-order valence-corrected chi connectivity index (χ3v) is 2.63. The van der Waals surface area contributed by atoms with Crippen molar-refractivity contribution in [1.29, 1.82) is 0 Å². The lowest BCUT2D eigenvalue weighted by Gasteiger charge is -2.25. The molecule has 5 nitrogen and oxygen atoms in total. The molecule has 1 aromatic carbocycles. The predicted octanol–water partition coefficient (Wildman–Crippen LogP) is 0.890. The SMILES string of the molecule is O=C(O)c1cc(F)cc([C@@H]2COCCN2)c1O. The van der Waals surface area contributed by atoms with Crippen LogP contribution in [0.2, 0.25) is 0 Å². The predicted molar refractivity (Wildman–Crippen MR) is 56.6 cm³/mol. The van der Waals surface area contributed by atoms with Crippen molar-refractivity contribution in [2.45, 2.75) is 6.04 Å². The number of nitrogens with one attached hydrogen (secondary N) is 1. The smallest absolute Gasteiger partial charge is 0.339 e. The highest BCUT2D eigenvalue weighted by atomic mass is 19.1.